The molecule has 4 N–H and O–H groups in total. The predicted octanol–water partition coefficient (Wildman–Crippen LogP) is 1.88. The zero-order valence-electron chi connectivity index (χ0n) is 13.3. The molecule has 24 heavy (non-hydrogen) atoms. The van der Waals surface area contributed by atoms with Crippen molar-refractivity contribution in [3.8, 4) is 11.1 Å². The van der Waals surface area contributed by atoms with Gasteiger partial charge in [-0.05, 0) is 37.1 Å². The first-order valence-corrected chi connectivity index (χ1v) is 7.95. The minimum absolute atomic E-state index is 0.0881. The summed E-state index contributed by atoms with van der Waals surface area (Å²) in [5.41, 5.74) is 13.3. The number of aromatic nitrogens is 2. The van der Waals surface area contributed by atoms with Crippen LogP contribution in [-0.2, 0) is 4.79 Å². The highest BCUT2D eigenvalue weighted by atomic mass is 19.1. The van der Waals surface area contributed by atoms with Gasteiger partial charge in [0.15, 0.2) is 0 Å². The molecule has 0 radical (unpaired) electrons. The van der Waals surface area contributed by atoms with E-state index in [-0.39, 0.29) is 30.3 Å². The molecule has 1 aromatic heterocycles. The summed E-state index contributed by atoms with van der Waals surface area (Å²) in [6, 6.07) is 6.20. The average molecular weight is 329 g/mol. The Kier molecular flexibility index (Phi) is 4.71. The summed E-state index contributed by atoms with van der Waals surface area (Å²) in [5, 5.41) is 0. The van der Waals surface area contributed by atoms with Gasteiger partial charge in [0.05, 0.1) is 18.3 Å². The van der Waals surface area contributed by atoms with Crippen LogP contribution < -0.4 is 11.5 Å². The van der Waals surface area contributed by atoms with Crippen molar-refractivity contribution >= 4 is 11.9 Å². The van der Waals surface area contributed by atoms with E-state index in [0.29, 0.717) is 11.3 Å². The summed E-state index contributed by atoms with van der Waals surface area (Å²) in [6.45, 7) is 0.928. The largest absolute Gasteiger partial charge is 0.369 e. The topological polar surface area (TPSA) is 98.1 Å². The molecule has 1 atom stereocenters. The zero-order chi connectivity index (χ0) is 17.1. The molecule has 1 saturated heterocycles. The van der Waals surface area contributed by atoms with Crippen LogP contribution in [-0.4, -0.2) is 33.9 Å². The van der Waals surface area contributed by atoms with E-state index in [1.807, 2.05) is 11.0 Å². The van der Waals surface area contributed by atoms with E-state index < -0.39 is 0 Å². The standard InChI is InChI=1S/C17H20FN5O/c18-12-5-3-4-11(8-12)13-9-21-17(20)22-16(13)14-6-1-2-7-23(14)10-15(19)24/h3-5,8-9,14H,1-2,6-7,10H2,(H2,19,24)(H2,20,21,22)/t14-/m0/s1. The molecule has 6 nitrogen and oxygen atoms in total. The van der Waals surface area contributed by atoms with Gasteiger partial charge in [-0.2, -0.15) is 0 Å². The Hall–Kier alpha value is -2.54. The zero-order valence-corrected chi connectivity index (χ0v) is 13.3. The van der Waals surface area contributed by atoms with Gasteiger partial charge in [0, 0.05) is 11.8 Å². The van der Waals surface area contributed by atoms with Crippen LogP contribution in [0, 0.1) is 5.82 Å². The molecule has 0 aliphatic carbocycles. The Morgan fingerprint density at radius 2 is 2.21 bits per heavy atom. The number of anilines is 1. The summed E-state index contributed by atoms with van der Waals surface area (Å²) in [7, 11) is 0. The number of nitrogens with two attached hydrogens (primary N) is 2. The van der Waals surface area contributed by atoms with E-state index in [2.05, 4.69) is 9.97 Å². The number of hydrogen-bond donors (Lipinski definition) is 2. The number of nitrogens with zero attached hydrogens (tertiary/aromatic N) is 3. The molecule has 2 aromatic rings. The first kappa shape index (κ1) is 16.3. The lowest BCUT2D eigenvalue weighted by atomic mass is 9.94. The Labute approximate surface area is 139 Å². The van der Waals surface area contributed by atoms with Crippen molar-refractivity contribution in [2.75, 3.05) is 18.8 Å². The summed E-state index contributed by atoms with van der Waals surface area (Å²) in [4.78, 5) is 21.9. The Morgan fingerprint density at radius 3 is 2.96 bits per heavy atom. The lowest BCUT2D eigenvalue weighted by molar-refractivity contribution is -0.120. The Balaban J connectivity index is 2.05. The minimum Gasteiger partial charge on any atom is -0.369 e. The van der Waals surface area contributed by atoms with Crippen molar-refractivity contribution in [2.24, 2.45) is 5.73 Å². The number of carbonyl (C=O) groups is 1. The number of piperidine rings is 1. The van der Waals surface area contributed by atoms with Crippen LogP contribution in [0.1, 0.15) is 31.0 Å². The Morgan fingerprint density at radius 1 is 1.38 bits per heavy atom. The number of benzene rings is 1. The second-order valence-electron chi connectivity index (χ2n) is 5.99. The number of nitrogen functional groups attached to an aromatic ring is 1. The quantitative estimate of drug-likeness (QED) is 0.892. The monoisotopic (exact) mass is 329 g/mol. The van der Waals surface area contributed by atoms with Gasteiger partial charge in [0.2, 0.25) is 11.9 Å². The van der Waals surface area contributed by atoms with Crippen LogP contribution in [0.3, 0.4) is 0 Å². The molecule has 0 saturated carbocycles. The van der Waals surface area contributed by atoms with Gasteiger partial charge in [0.25, 0.3) is 0 Å². The second-order valence-corrected chi connectivity index (χ2v) is 5.99. The van der Waals surface area contributed by atoms with Crippen molar-refractivity contribution in [3.05, 3.63) is 42.0 Å². The van der Waals surface area contributed by atoms with Crippen molar-refractivity contribution in [1.82, 2.24) is 14.9 Å². The van der Waals surface area contributed by atoms with Crippen molar-refractivity contribution in [3.63, 3.8) is 0 Å². The Bertz CT molecular complexity index is 752. The van der Waals surface area contributed by atoms with Crippen LogP contribution in [0.15, 0.2) is 30.5 Å². The van der Waals surface area contributed by atoms with Crippen LogP contribution in [0.2, 0.25) is 0 Å². The van der Waals surface area contributed by atoms with E-state index in [1.165, 1.54) is 12.1 Å². The van der Waals surface area contributed by atoms with Crippen LogP contribution >= 0.6 is 0 Å². The number of hydrogen-bond acceptors (Lipinski definition) is 5. The van der Waals surface area contributed by atoms with E-state index in [1.54, 1.807) is 12.3 Å². The minimum atomic E-state index is -0.378. The molecule has 1 aliphatic rings. The molecule has 0 unspecified atom stereocenters. The third-order valence-electron chi connectivity index (χ3n) is 4.26. The third-order valence-corrected chi connectivity index (χ3v) is 4.26. The molecule has 1 aliphatic heterocycles. The van der Waals surface area contributed by atoms with E-state index in [4.69, 9.17) is 11.5 Å². The maximum Gasteiger partial charge on any atom is 0.231 e. The smallest absolute Gasteiger partial charge is 0.231 e. The molecule has 7 heteroatoms. The fraction of sp³-hybridized carbons (Fsp3) is 0.353. The van der Waals surface area contributed by atoms with Crippen LogP contribution in [0.5, 0.6) is 0 Å². The molecule has 0 bridgehead atoms. The molecular weight excluding hydrogens is 309 g/mol. The molecule has 0 spiro atoms. The number of amides is 1. The van der Waals surface area contributed by atoms with Gasteiger partial charge in [0.1, 0.15) is 5.82 Å². The molecular formula is C17H20FN5O. The second kappa shape index (κ2) is 6.92. The highest BCUT2D eigenvalue weighted by Crippen LogP contribution is 2.35. The van der Waals surface area contributed by atoms with Crippen LogP contribution in [0.4, 0.5) is 10.3 Å². The van der Waals surface area contributed by atoms with Crippen molar-refractivity contribution < 1.29 is 9.18 Å². The number of carbonyl (C=O) groups excluding carboxylic acids is 1. The predicted molar refractivity (Wildman–Crippen MR) is 89.2 cm³/mol. The van der Waals surface area contributed by atoms with E-state index in [9.17, 15) is 9.18 Å². The van der Waals surface area contributed by atoms with Gasteiger partial charge >= 0.3 is 0 Å². The molecule has 126 valence electrons. The fourth-order valence-corrected chi connectivity index (χ4v) is 3.23. The highest BCUT2D eigenvalue weighted by Gasteiger charge is 2.29. The summed E-state index contributed by atoms with van der Waals surface area (Å²) >= 11 is 0. The number of rotatable bonds is 4. The highest BCUT2D eigenvalue weighted by molar-refractivity contribution is 5.76. The number of primary amides is 1. The average Bonchev–Trinajstić information content (AvgIpc) is 2.55. The SMILES string of the molecule is NC(=O)CN1CCCC[C@H]1c1nc(N)ncc1-c1cccc(F)c1. The van der Waals surface area contributed by atoms with Gasteiger partial charge < -0.3 is 11.5 Å². The van der Waals surface area contributed by atoms with Gasteiger partial charge in [-0.1, -0.05) is 18.6 Å². The normalized spacial score (nSPS) is 18.5. The van der Waals surface area contributed by atoms with Gasteiger partial charge in [-0.25, -0.2) is 14.4 Å². The first-order chi connectivity index (χ1) is 11.5. The van der Waals surface area contributed by atoms with Gasteiger partial charge in [-0.15, -0.1) is 0 Å². The molecule has 2 heterocycles. The van der Waals surface area contributed by atoms with E-state index >= 15 is 0 Å². The lowest BCUT2D eigenvalue weighted by Crippen LogP contribution is -2.40. The maximum absolute atomic E-state index is 13.6. The van der Waals surface area contributed by atoms with Crippen LogP contribution in [0.25, 0.3) is 11.1 Å². The maximum atomic E-state index is 13.6. The van der Waals surface area contributed by atoms with Crippen molar-refractivity contribution in [1.29, 1.82) is 0 Å². The lowest BCUT2D eigenvalue weighted by Gasteiger charge is -2.35. The molecule has 3 rings (SSSR count). The third kappa shape index (κ3) is 3.51. The molecule has 1 fully saturated rings. The molecule has 1 amide bonds. The first-order valence-electron chi connectivity index (χ1n) is 7.95. The fourth-order valence-electron chi connectivity index (χ4n) is 3.23. The van der Waals surface area contributed by atoms with Gasteiger partial charge in [-0.3, -0.25) is 9.69 Å². The van der Waals surface area contributed by atoms with Crippen molar-refractivity contribution in [2.45, 2.75) is 25.3 Å². The summed E-state index contributed by atoms with van der Waals surface area (Å²) in [5.74, 6) is -0.543. The number of likely N-dealkylation sites (tertiary alicyclic amines) is 1. The summed E-state index contributed by atoms with van der Waals surface area (Å²) in [6.07, 6.45) is 4.47. The number of halogens is 1. The summed E-state index contributed by atoms with van der Waals surface area (Å²) < 4.78 is 13.6. The molecule has 1 aromatic carbocycles. The van der Waals surface area contributed by atoms with E-state index in [0.717, 1.165) is 31.4 Å².